The standard InChI is InChI=1S/C55H37N.C44H37BO2.C17H12ClN.CH3/c1-5-19-38(20-6-1)41-36-51(39-21-7-2-8-22-39)56-52(37-41)40-23-17-28-44(35-40)54(42-24-9-3-10-25-42)48-32-15-16-33-49(48)55(43-26-11-4-12-27-43)47-31-14-13-29-45(47)46-30-18-34-50(54)53(46)55;1-41(2)42(3,4)47-45(46-41)33-22-15-21-32(29-33)43(30-17-7-5-8-18-30)37-26-13-14-27-38(37)44(31-19-9-6-10-20-31)36-25-12-11-23-34(36)35-24-16-28-39(43)40(35)44;18-17-12-15(13-7-3-1-4-8-13)11-16(19-17)14-9-5-2-6-10-14;/h1-37H;5-29H,1-4H3;1-12H;1H3/q;;;-1. The van der Waals surface area contributed by atoms with Crippen LogP contribution in [0.2, 0.25) is 5.15 Å². The van der Waals surface area contributed by atoms with E-state index in [1.54, 1.807) is 0 Å². The van der Waals surface area contributed by atoms with Gasteiger partial charge in [0, 0.05) is 16.7 Å². The molecule has 0 bridgehead atoms. The minimum atomic E-state index is -0.626. The van der Waals surface area contributed by atoms with Crippen molar-refractivity contribution >= 4 is 24.2 Å². The first kappa shape index (κ1) is 77.7. The van der Waals surface area contributed by atoms with Gasteiger partial charge >= 0.3 is 7.12 Å². The number of halogens is 1. The van der Waals surface area contributed by atoms with E-state index in [-0.39, 0.29) is 7.43 Å². The largest absolute Gasteiger partial charge is 0.494 e. The molecule has 1 aliphatic heterocycles. The summed E-state index contributed by atoms with van der Waals surface area (Å²) in [5.74, 6) is 0. The van der Waals surface area contributed by atoms with E-state index >= 15 is 0 Å². The second-order valence-electron chi connectivity index (χ2n) is 33.6. The molecule has 4 nitrogen and oxygen atoms in total. The summed E-state index contributed by atoms with van der Waals surface area (Å²) in [7, 11) is -0.458. The van der Waals surface area contributed by atoms with Gasteiger partial charge < -0.3 is 16.7 Å². The summed E-state index contributed by atoms with van der Waals surface area (Å²) >= 11 is 6.14. The fraction of sp³-hybridized carbons (Fsp3) is 0.0855. The monoisotopic (exact) mass is 1600 g/mol. The predicted octanol–water partition coefficient (Wildman–Crippen LogP) is 27.7. The lowest BCUT2D eigenvalue weighted by Gasteiger charge is -2.49. The van der Waals surface area contributed by atoms with Crippen molar-refractivity contribution in [2.75, 3.05) is 0 Å². The van der Waals surface area contributed by atoms with Crippen LogP contribution >= 0.6 is 11.6 Å². The number of hydrogen-bond donors (Lipinski definition) is 0. The van der Waals surface area contributed by atoms with Gasteiger partial charge in [0.15, 0.2) is 0 Å². The molecule has 0 N–H and O–H groups in total. The molecule has 2 aromatic heterocycles. The zero-order valence-electron chi connectivity index (χ0n) is 69.4. The van der Waals surface area contributed by atoms with Crippen LogP contribution in [0.5, 0.6) is 0 Å². The van der Waals surface area contributed by atoms with Crippen molar-refractivity contribution in [2.24, 2.45) is 0 Å². The maximum Gasteiger partial charge on any atom is 0.494 e. The van der Waals surface area contributed by atoms with Gasteiger partial charge in [0.1, 0.15) is 5.15 Å². The van der Waals surface area contributed by atoms with Crippen molar-refractivity contribution in [3.05, 3.63) is 551 Å². The summed E-state index contributed by atoms with van der Waals surface area (Å²) < 4.78 is 13.2. The Balaban J connectivity index is 0.000000129. The van der Waals surface area contributed by atoms with Crippen LogP contribution in [0.1, 0.15) is 117 Å². The van der Waals surface area contributed by atoms with E-state index in [2.05, 4.69) is 427 Å². The molecule has 4 atom stereocenters. The highest BCUT2D eigenvalue weighted by atomic mass is 35.5. The van der Waals surface area contributed by atoms with Crippen LogP contribution in [0.15, 0.2) is 449 Å². The average Bonchev–Trinajstić information content (AvgIpc) is 1.54. The lowest BCUT2D eigenvalue weighted by molar-refractivity contribution is 0.00578. The third kappa shape index (κ3) is 12.4. The first-order valence-corrected chi connectivity index (χ1v) is 42.7. The number of nitrogens with zero attached hydrogens (tertiary/aromatic N) is 2. The van der Waals surface area contributed by atoms with Gasteiger partial charge in [-0.05, 0) is 197 Å². The van der Waals surface area contributed by atoms with E-state index in [1.807, 2.05) is 54.6 Å². The van der Waals surface area contributed by atoms with Gasteiger partial charge in [0.25, 0.3) is 0 Å². The van der Waals surface area contributed by atoms with Crippen LogP contribution in [0.4, 0.5) is 0 Å². The zero-order valence-corrected chi connectivity index (χ0v) is 70.1. The van der Waals surface area contributed by atoms with Crippen LogP contribution in [0.3, 0.4) is 0 Å². The number of pyridine rings is 2. The molecule has 0 amide bonds. The molecule has 0 spiro atoms. The molecule has 1 fully saturated rings. The Hall–Kier alpha value is -13.9. The Morgan fingerprint density at radius 3 is 0.911 bits per heavy atom. The van der Waals surface area contributed by atoms with Gasteiger partial charge in [0.05, 0.1) is 49.9 Å². The highest BCUT2D eigenvalue weighted by Crippen LogP contribution is 2.68. The quantitative estimate of drug-likeness (QED) is 0.0695. The van der Waals surface area contributed by atoms with E-state index < -0.39 is 40.0 Å². The van der Waals surface area contributed by atoms with E-state index in [0.29, 0.717) is 5.15 Å². The summed E-state index contributed by atoms with van der Waals surface area (Å²) in [6.45, 7) is 8.48. The first-order valence-electron chi connectivity index (χ1n) is 42.3. The number of aromatic nitrogens is 2. The molecule has 0 radical (unpaired) electrons. The molecule has 1 saturated heterocycles. The molecule has 4 unspecified atom stereocenters. The lowest BCUT2D eigenvalue weighted by Crippen LogP contribution is -2.45. The maximum absolute atomic E-state index is 6.61. The third-order valence-electron chi connectivity index (χ3n) is 26.6. The van der Waals surface area contributed by atoms with Crippen molar-refractivity contribution < 1.29 is 9.31 Å². The summed E-state index contributed by atoms with van der Waals surface area (Å²) in [6, 6.07) is 163. The second-order valence-corrected chi connectivity index (χ2v) is 33.9. The van der Waals surface area contributed by atoms with Gasteiger partial charge in [-0.25, -0.2) is 9.97 Å². The molecule has 4 aliphatic carbocycles. The molecular formula is C117H89BClN2O2-. The third-order valence-corrected chi connectivity index (χ3v) is 26.8. The van der Waals surface area contributed by atoms with E-state index in [9.17, 15) is 0 Å². The van der Waals surface area contributed by atoms with E-state index in [4.69, 9.17) is 25.9 Å². The van der Waals surface area contributed by atoms with Gasteiger partial charge in [0.2, 0.25) is 0 Å². The fourth-order valence-corrected chi connectivity index (χ4v) is 21.0. The lowest BCUT2D eigenvalue weighted by atomic mass is 9.51. The average molecular weight is 1600 g/mol. The Bertz CT molecular complexity index is 6840. The topological polar surface area (TPSA) is 44.2 Å². The first-order chi connectivity index (χ1) is 59.9. The van der Waals surface area contributed by atoms with Gasteiger partial charge in [-0.1, -0.05) is 430 Å². The molecule has 16 aromatic carbocycles. The number of hydrogen-bond acceptors (Lipinski definition) is 4. The molecular weight excluding hydrogens is 1510 g/mol. The summed E-state index contributed by atoms with van der Waals surface area (Å²) in [5, 5.41) is 0.514. The summed E-state index contributed by atoms with van der Waals surface area (Å²) in [5.41, 5.74) is 34.6. The Morgan fingerprint density at radius 1 is 0.220 bits per heavy atom. The fourth-order valence-electron chi connectivity index (χ4n) is 20.8. The van der Waals surface area contributed by atoms with Crippen molar-refractivity contribution in [3.63, 3.8) is 0 Å². The van der Waals surface area contributed by atoms with Crippen LogP contribution in [0.25, 0.3) is 78.3 Å². The molecule has 590 valence electrons. The van der Waals surface area contributed by atoms with Gasteiger partial charge in [-0.3, -0.25) is 0 Å². The maximum atomic E-state index is 6.61. The number of rotatable bonds is 12. The highest BCUT2D eigenvalue weighted by molar-refractivity contribution is 6.62. The smallest absolute Gasteiger partial charge is 0.399 e. The Kier molecular flexibility index (Phi) is 19.8. The van der Waals surface area contributed by atoms with Gasteiger partial charge in [-0.15, -0.1) is 0 Å². The van der Waals surface area contributed by atoms with Crippen molar-refractivity contribution in [1.29, 1.82) is 0 Å². The van der Waals surface area contributed by atoms with Crippen LogP contribution in [0, 0.1) is 7.43 Å². The highest BCUT2D eigenvalue weighted by Gasteiger charge is 2.60. The van der Waals surface area contributed by atoms with Crippen LogP contribution in [-0.2, 0) is 31.0 Å². The Labute approximate surface area is 727 Å². The van der Waals surface area contributed by atoms with Crippen LogP contribution < -0.4 is 5.46 Å². The summed E-state index contributed by atoms with van der Waals surface area (Å²) in [4.78, 5) is 9.78. The molecule has 3 heterocycles. The van der Waals surface area contributed by atoms with E-state index in [0.717, 1.165) is 55.9 Å². The number of benzene rings is 16. The molecule has 123 heavy (non-hydrogen) atoms. The summed E-state index contributed by atoms with van der Waals surface area (Å²) in [6.07, 6.45) is 0. The molecule has 18 aromatic rings. The molecule has 6 heteroatoms. The Morgan fingerprint density at radius 2 is 0.496 bits per heavy atom. The zero-order chi connectivity index (χ0) is 82.2. The SMILES string of the molecule is CC1(C)OB(c2cccc(C3(c4ccccc4)c4ccccc4C4(c5ccccc5)c5ccccc5-c5cccc3c54)c2)OC1(C)C.Clc1cc(-c2ccccc2)cc(-c2ccccc2)n1.[CH3-].c1ccc(-c2cc(-c3ccccc3)nc(-c3cccc(C4(c5ccccc5)c5ccccc5C5(c6ccccc6)c6ccccc6-c6cccc4c65)c3)c2)cc1. The van der Waals surface area contributed by atoms with E-state index in [1.165, 1.54) is 117 Å². The minimum absolute atomic E-state index is 0. The normalized spacial score (nSPS) is 18.2. The van der Waals surface area contributed by atoms with Crippen LogP contribution in [-0.4, -0.2) is 28.3 Å². The van der Waals surface area contributed by atoms with Gasteiger partial charge in [-0.2, -0.15) is 0 Å². The van der Waals surface area contributed by atoms with Crippen molar-refractivity contribution in [3.8, 4) is 78.3 Å². The molecule has 0 saturated carbocycles. The molecule has 23 rings (SSSR count). The minimum Gasteiger partial charge on any atom is -0.399 e. The second kappa shape index (κ2) is 31.3. The predicted molar refractivity (Wildman–Crippen MR) is 508 cm³/mol. The number of fused-ring (bicyclic) bond motifs is 10. The van der Waals surface area contributed by atoms with Crippen molar-refractivity contribution in [2.45, 2.75) is 60.6 Å². The molecule has 5 aliphatic rings. The van der Waals surface area contributed by atoms with Crippen molar-refractivity contribution in [1.82, 2.24) is 9.97 Å².